The molecule has 3 rings (SSSR count). The molecule has 0 aromatic carbocycles. The number of hydrogen-bond acceptors (Lipinski definition) is 5. The normalized spacial score (nSPS) is 29.2. The lowest BCUT2D eigenvalue weighted by Crippen LogP contribution is -2.69. The monoisotopic (exact) mass is 369 g/mol. The molecule has 126 valence electrons. The van der Waals surface area contributed by atoms with Crippen LogP contribution in [0.5, 0.6) is 0 Å². The second-order valence-electron chi connectivity index (χ2n) is 6.11. The molecule has 0 radical (unpaired) electrons. The fourth-order valence-electron chi connectivity index (χ4n) is 3.41. The number of carbonyl (C=O) groups excluding carboxylic acids is 2. The highest BCUT2D eigenvalue weighted by molar-refractivity contribution is 8.00. The summed E-state index contributed by atoms with van der Waals surface area (Å²) < 4.78 is 0.853. The number of amides is 1. The molecular formula is C13H21Cl2N3O3S. The molecule has 2 saturated heterocycles. The third-order valence-corrected chi connectivity index (χ3v) is 5.86. The maximum atomic E-state index is 11.8. The Hall–Kier alpha value is -0.470. The predicted octanol–water partition coefficient (Wildman–Crippen LogP) is -0.683. The van der Waals surface area contributed by atoms with E-state index in [2.05, 4.69) is 7.05 Å². The first-order valence-corrected chi connectivity index (χ1v) is 7.95. The van der Waals surface area contributed by atoms with Crippen LogP contribution in [0.3, 0.4) is 0 Å². The molecule has 3 aliphatic rings. The summed E-state index contributed by atoms with van der Waals surface area (Å²) in [5.74, 6) is -0.932. The van der Waals surface area contributed by atoms with E-state index in [0.717, 1.165) is 23.1 Å². The highest BCUT2D eigenvalue weighted by Crippen LogP contribution is 2.40. The number of carboxylic acids is 1. The zero-order valence-corrected chi connectivity index (χ0v) is 14.8. The summed E-state index contributed by atoms with van der Waals surface area (Å²) in [5.41, 5.74) is 6.61. The van der Waals surface area contributed by atoms with Crippen LogP contribution < -0.4 is 10.8 Å². The van der Waals surface area contributed by atoms with Crippen molar-refractivity contribution < 1.29 is 19.2 Å². The van der Waals surface area contributed by atoms with Gasteiger partial charge in [-0.25, -0.2) is 0 Å². The van der Waals surface area contributed by atoms with E-state index >= 15 is 0 Å². The van der Waals surface area contributed by atoms with Crippen LogP contribution in [0.25, 0.3) is 0 Å². The Morgan fingerprint density at radius 2 is 2.00 bits per heavy atom. The lowest BCUT2D eigenvalue weighted by Gasteiger charge is -2.50. The van der Waals surface area contributed by atoms with Gasteiger partial charge in [0, 0.05) is 24.2 Å². The molecule has 0 aromatic heterocycles. The fourth-order valence-corrected chi connectivity index (χ4v) is 4.69. The van der Waals surface area contributed by atoms with Crippen LogP contribution >= 0.6 is 36.6 Å². The molecule has 1 amide bonds. The van der Waals surface area contributed by atoms with Crippen molar-refractivity contribution in [2.45, 2.75) is 24.3 Å². The van der Waals surface area contributed by atoms with Crippen LogP contribution in [0.15, 0.2) is 11.3 Å². The minimum absolute atomic E-state index is 0. The molecule has 22 heavy (non-hydrogen) atoms. The van der Waals surface area contributed by atoms with Crippen molar-refractivity contribution in [3.8, 4) is 0 Å². The van der Waals surface area contributed by atoms with Crippen LogP contribution in [-0.4, -0.2) is 65.1 Å². The average Bonchev–Trinajstić information content (AvgIpc) is 2.83. The topological polar surface area (TPSA) is 86.5 Å². The second-order valence-corrected chi connectivity index (χ2v) is 7.21. The third-order valence-electron chi connectivity index (χ3n) is 4.50. The van der Waals surface area contributed by atoms with E-state index in [1.54, 1.807) is 11.8 Å². The number of thioether (sulfide) groups is 1. The van der Waals surface area contributed by atoms with Crippen molar-refractivity contribution in [2.24, 2.45) is 5.73 Å². The Balaban J connectivity index is 0.00000121. The average molecular weight is 370 g/mol. The van der Waals surface area contributed by atoms with Crippen LogP contribution in [-0.2, 0) is 9.59 Å². The highest BCUT2D eigenvalue weighted by atomic mass is 35.5. The lowest BCUT2D eigenvalue weighted by molar-refractivity contribution is -0.893. The first-order valence-electron chi connectivity index (χ1n) is 6.90. The van der Waals surface area contributed by atoms with Gasteiger partial charge in [-0.1, -0.05) is 0 Å². The number of β-lactam (4-membered cyclic amide) rings is 1. The van der Waals surface area contributed by atoms with Crippen LogP contribution in [0.2, 0.25) is 0 Å². The van der Waals surface area contributed by atoms with Crippen molar-refractivity contribution in [3.05, 3.63) is 11.3 Å². The summed E-state index contributed by atoms with van der Waals surface area (Å²) in [4.78, 5) is 24.6. The number of quaternary nitrogens is 1. The van der Waals surface area contributed by atoms with Gasteiger partial charge in [0.05, 0.1) is 31.8 Å². The van der Waals surface area contributed by atoms with Crippen LogP contribution in [0.4, 0.5) is 0 Å². The summed E-state index contributed by atoms with van der Waals surface area (Å²) in [5, 5.41) is 11.2. The summed E-state index contributed by atoms with van der Waals surface area (Å²) in [7, 11) is 2.15. The molecule has 0 aliphatic carbocycles. The largest absolute Gasteiger partial charge is 0.543 e. The molecule has 2 fully saturated rings. The Morgan fingerprint density at radius 1 is 1.41 bits per heavy atom. The summed E-state index contributed by atoms with van der Waals surface area (Å²) in [6.45, 7) is 2.80. The zero-order chi connectivity index (χ0) is 14.5. The number of carboxylic acid groups (broad SMARTS) is 1. The molecule has 6 nitrogen and oxygen atoms in total. The Labute approximate surface area is 146 Å². The predicted molar refractivity (Wildman–Crippen MR) is 87.6 cm³/mol. The SMILES string of the molecule is C[N+]1(CC2=C(C(=O)[O-])N3C(=O)C(N)C3SC2)CCCC1.Cl.Cl. The fraction of sp³-hybridized carbons (Fsp3) is 0.692. The highest BCUT2D eigenvalue weighted by Gasteiger charge is 2.50. The summed E-state index contributed by atoms with van der Waals surface area (Å²) in [6.07, 6.45) is 2.35. The number of carbonyl (C=O) groups is 2. The first-order chi connectivity index (χ1) is 9.43. The van der Waals surface area contributed by atoms with Gasteiger partial charge in [0.1, 0.15) is 18.0 Å². The van der Waals surface area contributed by atoms with Gasteiger partial charge in [-0.05, 0) is 0 Å². The van der Waals surface area contributed by atoms with E-state index in [4.69, 9.17) is 5.73 Å². The molecular weight excluding hydrogens is 349 g/mol. The van der Waals surface area contributed by atoms with E-state index in [-0.39, 0.29) is 41.8 Å². The Morgan fingerprint density at radius 3 is 2.55 bits per heavy atom. The van der Waals surface area contributed by atoms with Gasteiger partial charge in [-0.15, -0.1) is 36.6 Å². The van der Waals surface area contributed by atoms with Gasteiger partial charge in [0.15, 0.2) is 0 Å². The minimum atomic E-state index is -1.25. The molecule has 3 heterocycles. The molecule has 2 N–H and O–H groups in total. The number of fused-ring (bicyclic) bond motifs is 1. The summed E-state index contributed by atoms with van der Waals surface area (Å²) >= 11 is 1.56. The van der Waals surface area contributed by atoms with Crippen molar-refractivity contribution in [1.29, 1.82) is 0 Å². The molecule has 0 aromatic rings. The van der Waals surface area contributed by atoms with Crippen molar-refractivity contribution >= 4 is 48.5 Å². The van der Waals surface area contributed by atoms with E-state index in [9.17, 15) is 14.7 Å². The quantitative estimate of drug-likeness (QED) is 0.525. The lowest BCUT2D eigenvalue weighted by atomic mass is 10.0. The number of nitrogens with two attached hydrogens (primary N) is 1. The molecule has 2 atom stereocenters. The standard InChI is InChI=1S/C13H19N3O3S.2ClH/c1-16(4-2-3-5-16)6-8-7-20-12-9(14)11(17)15(12)10(8)13(18)19;;/h9,12H,2-7,14H2,1H3;2*1H. The minimum Gasteiger partial charge on any atom is -0.543 e. The zero-order valence-electron chi connectivity index (χ0n) is 12.3. The van der Waals surface area contributed by atoms with Gasteiger partial charge >= 0.3 is 0 Å². The van der Waals surface area contributed by atoms with Gasteiger partial charge < -0.3 is 20.1 Å². The molecule has 0 saturated carbocycles. The number of likely N-dealkylation sites (N-methyl/N-ethyl adjacent to an activating group) is 1. The maximum Gasteiger partial charge on any atom is 0.248 e. The number of likely N-dealkylation sites (tertiary alicyclic amines) is 1. The van der Waals surface area contributed by atoms with E-state index in [1.165, 1.54) is 17.7 Å². The third kappa shape index (κ3) is 3.10. The number of rotatable bonds is 3. The van der Waals surface area contributed by atoms with Gasteiger partial charge in [0.2, 0.25) is 5.91 Å². The maximum absolute atomic E-state index is 11.8. The van der Waals surface area contributed by atoms with Crippen molar-refractivity contribution in [1.82, 2.24) is 4.90 Å². The van der Waals surface area contributed by atoms with E-state index < -0.39 is 12.0 Å². The van der Waals surface area contributed by atoms with Gasteiger partial charge in [-0.3, -0.25) is 9.69 Å². The molecule has 9 heteroatoms. The van der Waals surface area contributed by atoms with E-state index in [1.807, 2.05) is 0 Å². The Kier molecular flexibility index (Phi) is 6.20. The number of aliphatic carboxylic acids is 1. The Bertz CT molecular complexity index is 509. The summed E-state index contributed by atoms with van der Waals surface area (Å²) in [6, 6.07) is -0.576. The molecule has 3 aliphatic heterocycles. The number of hydrogen-bond donors (Lipinski definition) is 1. The molecule has 0 bridgehead atoms. The smallest absolute Gasteiger partial charge is 0.248 e. The van der Waals surface area contributed by atoms with Crippen molar-refractivity contribution in [3.63, 3.8) is 0 Å². The molecule has 0 spiro atoms. The first kappa shape index (κ1) is 19.6. The van der Waals surface area contributed by atoms with Crippen LogP contribution in [0, 0.1) is 0 Å². The van der Waals surface area contributed by atoms with E-state index in [0.29, 0.717) is 12.3 Å². The number of nitrogens with zero attached hydrogens (tertiary/aromatic N) is 2. The van der Waals surface area contributed by atoms with Crippen molar-refractivity contribution in [2.75, 3.05) is 32.4 Å². The second kappa shape index (κ2) is 6.97. The molecule has 2 unspecified atom stereocenters. The van der Waals surface area contributed by atoms with Crippen LogP contribution in [0.1, 0.15) is 12.8 Å². The number of halogens is 2. The van der Waals surface area contributed by atoms with Gasteiger partial charge in [-0.2, -0.15) is 0 Å². The van der Waals surface area contributed by atoms with Gasteiger partial charge in [0.25, 0.3) is 0 Å².